The molecule has 186 valence electrons. The molecule has 0 aliphatic heterocycles. The molecular weight excluding hydrogens is 458 g/mol. The van der Waals surface area contributed by atoms with Gasteiger partial charge in [0.2, 0.25) is 0 Å². The van der Waals surface area contributed by atoms with Gasteiger partial charge in [-0.25, -0.2) is 9.97 Å². The van der Waals surface area contributed by atoms with E-state index in [1.54, 1.807) is 37.1 Å². The predicted octanol–water partition coefficient (Wildman–Crippen LogP) is 3.51. The fourth-order valence-corrected chi connectivity index (χ4v) is 3.91. The summed E-state index contributed by atoms with van der Waals surface area (Å²) in [7, 11) is 0. The van der Waals surface area contributed by atoms with Gasteiger partial charge in [-0.15, -0.1) is 0 Å². The molecule has 4 heterocycles. The number of aliphatic hydroxyl groups is 1. The Morgan fingerprint density at radius 2 is 1.92 bits per heavy atom. The van der Waals surface area contributed by atoms with Crippen molar-refractivity contribution in [3.8, 4) is 28.9 Å². The van der Waals surface area contributed by atoms with Crippen molar-refractivity contribution >= 4 is 5.82 Å². The van der Waals surface area contributed by atoms with Crippen LogP contribution in [0.25, 0.3) is 22.8 Å². The number of hydrogen-bond acceptors (Lipinski definition) is 10. The average Bonchev–Trinajstić information content (AvgIpc) is 3.52. The van der Waals surface area contributed by atoms with Crippen LogP contribution >= 0.6 is 0 Å². The van der Waals surface area contributed by atoms with E-state index in [4.69, 9.17) is 15.2 Å². The number of nitrogens with zero attached hydrogens (tertiary/aromatic N) is 8. The highest BCUT2D eigenvalue weighted by Gasteiger charge is 2.34. The van der Waals surface area contributed by atoms with Crippen LogP contribution in [-0.2, 0) is 12.0 Å². The summed E-state index contributed by atoms with van der Waals surface area (Å²) in [6.45, 7) is 7.99. The number of anilines is 1. The van der Waals surface area contributed by atoms with Crippen molar-refractivity contribution in [2.45, 2.75) is 64.5 Å². The fraction of sp³-hybridized carbons (Fsp3) is 0.400. The first-order valence-corrected chi connectivity index (χ1v) is 11.7. The van der Waals surface area contributed by atoms with Crippen LogP contribution in [0.1, 0.15) is 64.0 Å². The molecule has 0 aliphatic rings. The second-order valence-electron chi connectivity index (χ2n) is 9.63. The lowest BCUT2D eigenvalue weighted by Gasteiger charge is -2.26. The van der Waals surface area contributed by atoms with Gasteiger partial charge >= 0.3 is 0 Å². The molecular formula is C25H29N9O2. The lowest BCUT2D eigenvalue weighted by atomic mass is 9.78. The Hall–Kier alpha value is -4.17. The van der Waals surface area contributed by atoms with E-state index in [-0.39, 0.29) is 11.5 Å². The number of pyridine rings is 1. The summed E-state index contributed by atoms with van der Waals surface area (Å²) in [6.07, 6.45) is 9.45. The molecule has 0 saturated heterocycles. The zero-order valence-corrected chi connectivity index (χ0v) is 20.8. The number of nitrogens with two attached hydrogens (primary N) is 1. The van der Waals surface area contributed by atoms with E-state index in [0.29, 0.717) is 35.2 Å². The van der Waals surface area contributed by atoms with Gasteiger partial charge in [0.25, 0.3) is 5.89 Å². The lowest BCUT2D eigenvalue weighted by molar-refractivity contribution is 0.0577. The normalized spacial score (nSPS) is 13.3. The first-order valence-electron chi connectivity index (χ1n) is 11.7. The molecule has 0 aliphatic carbocycles. The smallest absolute Gasteiger partial charge is 0.261 e. The van der Waals surface area contributed by atoms with Gasteiger partial charge in [-0.1, -0.05) is 31.0 Å². The summed E-state index contributed by atoms with van der Waals surface area (Å²) in [5.41, 5.74) is 6.96. The van der Waals surface area contributed by atoms with Crippen molar-refractivity contribution < 1.29 is 9.63 Å². The second-order valence-corrected chi connectivity index (χ2v) is 9.63. The summed E-state index contributed by atoms with van der Waals surface area (Å²) < 4.78 is 7.26. The van der Waals surface area contributed by atoms with Crippen LogP contribution in [0.3, 0.4) is 0 Å². The van der Waals surface area contributed by atoms with Crippen LogP contribution in [0.5, 0.6) is 0 Å². The van der Waals surface area contributed by atoms with E-state index in [9.17, 15) is 10.4 Å². The number of hydrogen-bond donors (Lipinski definition) is 2. The summed E-state index contributed by atoms with van der Waals surface area (Å²) >= 11 is 0. The molecule has 0 aromatic carbocycles. The largest absolute Gasteiger partial charge is 0.389 e. The highest BCUT2D eigenvalue weighted by Crippen LogP contribution is 2.36. The fourth-order valence-electron chi connectivity index (χ4n) is 3.91. The molecule has 11 nitrogen and oxygen atoms in total. The Morgan fingerprint density at radius 1 is 1.11 bits per heavy atom. The van der Waals surface area contributed by atoms with Gasteiger partial charge in [-0.05, 0) is 38.8 Å². The third kappa shape index (κ3) is 5.23. The molecule has 4 aromatic heterocycles. The number of unbranched alkanes of at least 4 members (excludes halogenated alkanes) is 1. The first-order chi connectivity index (χ1) is 17.1. The van der Waals surface area contributed by atoms with Crippen molar-refractivity contribution in [2.75, 3.05) is 5.73 Å². The minimum absolute atomic E-state index is 0.0661. The molecule has 3 N–H and O–H groups in total. The summed E-state index contributed by atoms with van der Waals surface area (Å²) in [6, 6.07) is 5.74. The van der Waals surface area contributed by atoms with E-state index in [0.717, 1.165) is 24.8 Å². The van der Waals surface area contributed by atoms with Crippen molar-refractivity contribution in [3.63, 3.8) is 0 Å². The molecule has 36 heavy (non-hydrogen) atoms. The third-order valence-corrected chi connectivity index (χ3v) is 5.95. The van der Waals surface area contributed by atoms with Gasteiger partial charge in [0.05, 0.1) is 41.2 Å². The number of nitriles is 1. The van der Waals surface area contributed by atoms with Crippen LogP contribution < -0.4 is 5.73 Å². The standard InChI is InChI=1S/C25H29N9O2/c1-5-6-9-25(4,17-7-8-18(28-12-17)20-13-29-21(27)19(10-26)31-20)23-32-22(36-33-23)16-11-30-34(14-16)15-24(2,3)35/h7-8,11-14,35H,5-6,9,15H2,1-4H3,(H2,27,29)/t25-/m1/s1. The summed E-state index contributed by atoms with van der Waals surface area (Å²) in [4.78, 5) is 17.6. The SMILES string of the molecule is CCCC[C@](C)(c1ccc(-c2cnc(N)c(C#N)n2)nc1)c1noc(-c2cnn(CC(C)(C)O)c2)n1. The van der Waals surface area contributed by atoms with Gasteiger partial charge < -0.3 is 15.4 Å². The Morgan fingerprint density at radius 3 is 2.58 bits per heavy atom. The van der Waals surface area contributed by atoms with Crippen molar-refractivity contribution in [1.29, 1.82) is 5.26 Å². The van der Waals surface area contributed by atoms with Crippen molar-refractivity contribution in [3.05, 3.63) is 54.0 Å². The molecule has 0 fully saturated rings. The molecule has 0 unspecified atom stereocenters. The average molecular weight is 488 g/mol. The van der Waals surface area contributed by atoms with Crippen LogP contribution in [0, 0.1) is 11.3 Å². The van der Waals surface area contributed by atoms with Crippen LogP contribution in [0.4, 0.5) is 5.82 Å². The Balaban J connectivity index is 1.64. The summed E-state index contributed by atoms with van der Waals surface area (Å²) in [5.74, 6) is 0.999. The highest BCUT2D eigenvalue weighted by atomic mass is 16.5. The van der Waals surface area contributed by atoms with Gasteiger partial charge in [0, 0.05) is 12.4 Å². The van der Waals surface area contributed by atoms with Gasteiger partial charge in [0.15, 0.2) is 17.3 Å². The minimum atomic E-state index is -0.894. The molecule has 11 heteroatoms. The highest BCUT2D eigenvalue weighted by molar-refractivity contribution is 5.57. The van der Waals surface area contributed by atoms with E-state index in [2.05, 4.69) is 39.1 Å². The molecule has 0 saturated carbocycles. The van der Waals surface area contributed by atoms with Crippen LogP contribution in [0.2, 0.25) is 0 Å². The summed E-state index contributed by atoms with van der Waals surface area (Å²) in [5, 5.41) is 27.9. The van der Waals surface area contributed by atoms with Crippen LogP contribution in [-0.4, -0.2) is 45.6 Å². The maximum Gasteiger partial charge on any atom is 0.261 e. The number of aromatic nitrogens is 7. The van der Waals surface area contributed by atoms with E-state index in [1.165, 1.54) is 6.20 Å². The molecule has 0 bridgehead atoms. The molecule has 0 radical (unpaired) electrons. The van der Waals surface area contributed by atoms with Crippen molar-refractivity contribution in [1.82, 2.24) is 34.9 Å². The topological polar surface area (TPSA) is 165 Å². The lowest BCUT2D eigenvalue weighted by Crippen LogP contribution is -2.26. The first kappa shape index (κ1) is 24.9. The maximum atomic E-state index is 10.1. The molecule has 4 aromatic rings. The van der Waals surface area contributed by atoms with Gasteiger partial charge in [0.1, 0.15) is 11.8 Å². The molecule has 1 atom stereocenters. The van der Waals surface area contributed by atoms with Crippen molar-refractivity contribution in [2.24, 2.45) is 0 Å². The monoisotopic (exact) mass is 487 g/mol. The molecule has 0 amide bonds. The third-order valence-electron chi connectivity index (χ3n) is 5.95. The van der Waals surface area contributed by atoms with E-state index < -0.39 is 11.0 Å². The number of rotatable bonds is 9. The maximum absolute atomic E-state index is 10.1. The quantitative estimate of drug-likeness (QED) is 0.357. The molecule has 4 rings (SSSR count). The zero-order chi connectivity index (χ0) is 25.9. The van der Waals surface area contributed by atoms with E-state index >= 15 is 0 Å². The number of nitrogen functional groups attached to an aromatic ring is 1. The van der Waals surface area contributed by atoms with Gasteiger partial charge in [-0.2, -0.15) is 15.3 Å². The Labute approximate surface area is 209 Å². The zero-order valence-electron chi connectivity index (χ0n) is 20.8. The van der Waals surface area contributed by atoms with Gasteiger partial charge in [-0.3, -0.25) is 9.67 Å². The minimum Gasteiger partial charge on any atom is -0.389 e. The Bertz CT molecular complexity index is 1380. The van der Waals surface area contributed by atoms with E-state index in [1.807, 2.05) is 18.2 Å². The second kappa shape index (κ2) is 9.83. The molecule has 0 spiro atoms. The van der Waals surface area contributed by atoms with Crippen LogP contribution in [0.15, 0.2) is 41.4 Å². The Kier molecular flexibility index (Phi) is 6.81. The predicted molar refractivity (Wildman–Crippen MR) is 132 cm³/mol.